The van der Waals surface area contributed by atoms with E-state index in [9.17, 15) is 0 Å². The van der Waals surface area contributed by atoms with E-state index in [4.69, 9.17) is 21.3 Å². The molecular weight excluding hydrogens is 254 g/mol. The molecule has 17 heavy (non-hydrogen) atoms. The van der Waals surface area contributed by atoms with Crippen molar-refractivity contribution in [3.8, 4) is 0 Å². The van der Waals surface area contributed by atoms with Crippen LogP contribution in [0.3, 0.4) is 0 Å². The Balaban J connectivity index is 2.13. The Morgan fingerprint density at radius 2 is 2.00 bits per heavy atom. The molecule has 0 aliphatic heterocycles. The van der Waals surface area contributed by atoms with Crippen molar-refractivity contribution in [3.05, 3.63) is 15.6 Å². The third kappa shape index (κ3) is 3.43. The summed E-state index contributed by atoms with van der Waals surface area (Å²) in [6.45, 7) is 0.589. The molecule has 1 saturated carbocycles. The first kappa shape index (κ1) is 13.3. The molecule has 0 radical (unpaired) electrons. The van der Waals surface area contributed by atoms with Crippen LogP contribution in [0.2, 0.25) is 0 Å². The first-order valence-electron chi connectivity index (χ1n) is 6.38. The van der Waals surface area contributed by atoms with Crippen molar-refractivity contribution in [2.75, 3.05) is 7.11 Å². The Morgan fingerprint density at radius 3 is 2.59 bits per heavy atom. The second-order valence-electron chi connectivity index (χ2n) is 4.68. The maximum atomic E-state index is 5.97. The number of thiazole rings is 1. The number of halogens is 1. The molecule has 0 unspecified atom stereocenters. The van der Waals surface area contributed by atoms with Crippen LogP contribution in [0.5, 0.6) is 0 Å². The van der Waals surface area contributed by atoms with Crippen LogP contribution in [0.4, 0.5) is 0 Å². The van der Waals surface area contributed by atoms with Crippen LogP contribution in [-0.2, 0) is 17.2 Å². The number of hydrogen-bond donors (Lipinski definition) is 0. The summed E-state index contributed by atoms with van der Waals surface area (Å²) in [5.74, 6) is 1.22. The largest absolute Gasteiger partial charge is 0.378 e. The molecule has 96 valence electrons. The highest BCUT2D eigenvalue weighted by atomic mass is 35.5. The van der Waals surface area contributed by atoms with E-state index in [0.29, 0.717) is 18.4 Å². The minimum atomic E-state index is 0.559. The average molecular weight is 274 g/mol. The van der Waals surface area contributed by atoms with E-state index in [1.807, 2.05) is 0 Å². The number of aromatic nitrogens is 1. The molecule has 0 spiro atoms. The molecule has 2 rings (SSSR count). The zero-order valence-corrected chi connectivity index (χ0v) is 11.9. The highest BCUT2D eigenvalue weighted by molar-refractivity contribution is 7.12. The lowest BCUT2D eigenvalue weighted by Gasteiger charge is -2.09. The van der Waals surface area contributed by atoms with Gasteiger partial charge in [0.1, 0.15) is 0 Å². The van der Waals surface area contributed by atoms with Crippen molar-refractivity contribution in [1.82, 2.24) is 4.98 Å². The Bertz CT molecular complexity index is 345. The minimum Gasteiger partial charge on any atom is -0.378 e. The van der Waals surface area contributed by atoms with Crippen molar-refractivity contribution in [3.63, 3.8) is 0 Å². The molecule has 1 fully saturated rings. The van der Waals surface area contributed by atoms with Crippen molar-refractivity contribution < 1.29 is 4.74 Å². The number of methoxy groups -OCH3 is 1. The van der Waals surface area contributed by atoms with Gasteiger partial charge in [0.15, 0.2) is 0 Å². The van der Waals surface area contributed by atoms with E-state index in [1.165, 1.54) is 48.4 Å². The molecule has 1 heterocycles. The van der Waals surface area contributed by atoms with Gasteiger partial charge in [0.25, 0.3) is 0 Å². The van der Waals surface area contributed by atoms with E-state index in [2.05, 4.69) is 0 Å². The van der Waals surface area contributed by atoms with E-state index >= 15 is 0 Å². The Hall–Kier alpha value is -0.120. The Kier molecular flexibility index (Phi) is 5.26. The van der Waals surface area contributed by atoms with Crippen molar-refractivity contribution >= 4 is 22.9 Å². The normalized spacial score (nSPS) is 18.2. The lowest BCUT2D eigenvalue weighted by Crippen LogP contribution is -1.97. The smallest absolute Gasteiger partial charge is 0.0963 e. The molecule has 0 atom stereocenters. The minimum absolute atomic E-state index is 0.559. The fourth-order valence-corrected chi connectivity index (χ4v) is 3.86. The van der Waals surface area contributed by atoms with Gasteiger partial charge in [-0.3, -0.25) is 0 Å². The molecular formula is C13H20ClNOS. The van der Waals surface area contributed by atoms with Crippen molar-refractivity contribution in [1.29, 1.82) is 0 Å². The second-order valence-corrected chi connectivity index (χ2v) is 6.06. The first-order valence-corrected chi connectivity index (χ1v) is 7.73. The average Bonchev–Trinajstić information content (AvgIpc) is 2.58. The maximum Gasteiger partial charge on any atom is 0.0963 e. The summed E-state index contributed by atoms with van der Waals surface area (Å²) in [5.41, 5.74) is 1.05. The van der Waals surface area contributed by atoms with E-state index in [0.717, 1.165) is 5.69 Å². The Labute approximate surface area is 112 Å². The highest BCUT2D eigenvalue weighted by Gasteiger charge is 2.20. The van der Waals surface area contributed by atoms with Crippen LogP contribution in [-0.4, -0.2) is 12.1 Å². The summed E-state index contributed by atoms with van der Waals surface area (Å²) in [7, 11) is 1.71. The molecule has 0 bridgehead atoms. The summed E-state index contributed by atoms with van der Waals surface area (Å²) in [5, 5.41) is 1.29. The van der Waals surface area contributed by atoms with Gasteiger partial charge in [0.2, 0.25) is 0 Å². The molecule has 2 nitrogen and oxygen atoms in total. The molecule has 0 aromatic carbocycles. The quantitative estimate of drug-likeness (QED) is 0.597. The van der Waals surface area contributed by atoms with Gasteiger partial charge in [-0.1, -0.05) is 25.7 Å². The number of hydrogen-bond acceptors (Lipinski definition) is 3. The van der Waals surface area contributed by atoms with Crippen molar-refractivity contribution in [2.45, 2.75) is 56.9 Å². The second kappa shape index (κ2) is 6.72. The van der Waals surface area contributed by atoms with Gasteiger partial charge in [-0.2, -0.15) is 0 Å². The fraction of sp³-hybridized carbons (Fsp3) is 0.769. The van der Waals surface area contributed by atoms with Gasteiger partial charge in [0.05, 0.1) is 23.2 Å². The standard InChI is InChI=1S/C13H20ClNOS/c1-16-9-11-12(8-14)17-13(15-11)10-6-4-2-3-5-7-10/h10H,2-9H2,1H3. The van der Waals surface area contributed by atoms with Crippen LogP contribution in [0, 0.1) is 0 Å². The van der Waals surface area contributed by atoms with E-state index < -0.39 is 0 Å². The van der Waals surface area contributed by atoms with Crippen LogP contribution < -0.4 is 0 Å². The number of nitrogens with zero attached hydrogens (tertiary/aromatic N) is 1. The fourth-order valence-electron chi connectivity index (χ4n) is 2.46. The van der Waals surface area contributed by atoms with Crippen LogP contribution in [0.25, 0.3) is 0 Å². The van der Waals surface area contributed by atoms with Crippen LogP contribution in [0.15, 0.2) is 0 Å². The maximum absolute atomic E-state index is 5.97. The van der Waals surface area contributed by atoms with Gasteiger partial charge in [-0.15, -0.1) is 22.9 Å². The summed E-state index contributed by atoms with van der Waals surface area (Å²) in [4.78, 5) is 5.93. The zero-order chi connectivity index (χ0) is 12.1. The molecule has 4 heteroatoms. The molecule has 0 N–H and O–H groups in total. The summed E-state index contributed by atoms with van der Waals surface area (Å²) in [6.07, 6.45) is 8.05. The first-order chi connectivity index (χ1) is 8.35. The van der Waals surface area contributed by atoms with Gasteiger partial charge in [-0.05, 0) is 12.8 Å². The predicted molar refractivity (Wildman–Crippen MR) is 72.8 cm³/mol. The molecule has 1 aromatic rings. The van der Waals surface area contributed by atoms with E-state index in [-0.39, 0.29) is 0 Å². The van der Waals surface area contributed by atoms with Gasteiger partial charge in [-0.25, -0.2) is 4.98 Å². The summed E-state index contributed by atoms with van der Waals surface area (Å²) in [6, 6.07) is 0. The Morgan fingerprint density at radius 1 is 1.29 bits per heavy atom. The number of rotatable bonds is 4. The van der Waals surface area contributed by atoms with Gasteiger partial charge < -0.3 is 4.74 Å². The third-order valence-corrected chi connectivity index (χ3v) is 5.09. The van der Waals surface area contributed by atoms with E-state index in [1.54, 1.807) is 18.4 Å². The van der Waals surface area contributed by atoms with Gasteiger partial charge in [0, 0.05) is 17.9 Å². The lowest BCUT2D eigenvalue weighted by atomic mass is 10.0. The molecule has 1 aromatic heterocycles. The van der Waals surface area contributed by atoms with Crippen LogP contribution >= 0.6 is 22.9 Å². The molecule has 1 aliphatic rings. The molecule has 1 aliphatic carbocycles. The number of ether oxygens (including phenoxy) is 1. The zero-order valence-electron chi connectivity index (χ0n) is 10.4. The monoisotopic (exact) mass is 273 g/mol. The van der Waals surface area contributed by atoms with Crippen molar-refractivity contribution in [2.24, 2.45) is 0 Å². The topological polar surface area (TPSA) is 22.1 Å². The molecule has 0 amide bonds. The predicted octanol–water partition coefficient (Wildman–Crippen LogP) is 4.47. The van der Waals surface area contributed by atoms with Crippen LogP contribution in [0.1, 0.15) is 60.0 Å². The van der Waals surface area contributed by atoms with Gasteiger partial charge >= 0.3 is 0 Å². The summed E-state index contributed by atoms with van der Waals surface area (Å²) >= 11 is 7.76. The summed E-state index contributed by atoms with van der Waals surface area (Å²) < 4.78 is 5.18. The SMILES string of the molecule is COCc1nc(C2CCCCCC2)sc1CCl. The number of alkyl halides is 1. The molecule has 0 saturated heterocycles. The highest BCUT2D eigenvalue weighted by Crippen LogP contribution is 2.35. The lowest BCUT2D eigenvalue weighted by molar-refractivity contribution is 0.181. The third-order valence-electron chi connectivity index (χ3n) is 3.40.